The van der Waals surface area contributed by atoms with Crippen LogP contribution < -0.4 is 0 Å². The second-order valence-electron chi connectivity index (χ2n) is 20.0. The van der Waals surface area contributed by atoms with E-state index < -0.39 is 0 Å². The molecule has 0 atom stereocenters. The van der Waals surface area contributed by atoms with Crippen molar-refractivity contribution in [3.63, 3.8) is 0 Å². The highest BCUT2D eigenvalue weighted by atomic mass is 32.1. The smallest absolute Gasteiger partial charge is 0.123 e. The van der Waals surface area contributed by atoms with Gasteiger partial charge in [0.15, 0.2) is 0 Å². The van der Waals surface area contributed by atoms with Crippen molar-refractivity contribution >= 4 is 102 Å². The first-order valence-electron chi connectivity index (χ1n) is 27.9. The largest absolute Gasteiger partial charge is 0.244 e. The van der Waals surface area contributed by atoms with E-state index in [1.807, 2.05) is 102 Å². The Kier molecular flexibility index (Phi) is 20.0. The maximum atomic E-state index is 5.07. The summed E-state index contributed by atoms with van der Waals surface area (Å²) < 4.78 is 0. The van der Waals surface area contributed by atoms with Gasteiger partial charge in [-0.3, -0.25) is 0 Å². The van der Waals surface area contributed by atoms with E-state index >= 15 is 0 Å². The highest BCUT2D eigenvalue weighted by Gasteiger charge is 2.21. The lowest BCUT2D eigenvalue weighted by Gasteiger charge is -2.02. The van der Waals surface area contributed by atoms with E-state index in [1.165, 1.54) is 222 Å². The Morgan fingerprint density at radius 1 is 0.293 bits per heavy atom. The third-order valence-electron chi connectivity index (χ3n) is 14.3. The fourth-order valence-corrected chi connectivity index (χ4v) is 20.2. The predicted molar refractivity (Wildman–Crippen MR) is 345 cm³/mol. The molecule has 0 saturated heterocycles. The Morgan fingerprint density at radius 2 is 0.667 bits per heavy atom. The number of thiophene rings is 8. The van der Waals surface area contributed by atoms with Gasteiger partial charge in [-0.15, -0.1) is 102 Å². The van der Waals surface area contributed by atoms with Crippen LogP contribution in [-0.2, 0) is 25.7 Å². The van der Waals surface area contributed by atoms with Crippen molar-refractivity contribution in [3.05, 3.63) is 136 Å². The first-order chi connectivity index (χ1) is 37.0. The Balaban J connectivity index is 0.851. The van der Waals surface area contributed by atoms with E-state index in [9.17, 15) is 0 Å². The molecule has 0 aliphatic carbocycles. The normalized spacial score (nSPS) is 11.7. The standard InChI is InChI=1S/C65H71NS9/c1-5-9-13-17-21-45-37-39-67-61(45)54-33-29-50(69-54)52-31-35-56(71-52)63-48(23-19-15-11-7-3)41-58(73-63)44-25-27-47(28-26-44)65-66-43-60(75-65)59-42-49(24-20-16-12-8-4)64(74-59)57-36-32-53(72-57)51-30-34-55(70-51)62-46(38-40-68-62)22-18-14-10-6-2/h25-43H,5-24H2,1-4H3. The van der Waals surface area contributed by atoms with Gasteiger partial charge in [-0.25, -0.2) is 4.98 Å². The molecular formula is C65H71NS9. The van der Waals surface area contributed by atoms with Gasteiger partial charge in [0.2, 0.25) is 0 Å². The van der Waals surface area contributed by atoms with E-state index in [0.29, 0.717) is 0 Å². The number of rotatable bonds is 29. The minimum absolute atomic E-state index is 1.09. The molecule has 0 saturated carbocycles. The lowest BCUT2D eigenvalue weighted by Crippen LogP contribution is -1.85. The van der Waals surface area contributed by atoms with Crippen molar-refractivity contribution < 1.29 is 0 Å². The number of hydrogen-bond donors (Lipinski definition) is 0. The highest BCUT2D eigenvalue weighted by Crippen LogP contribution is 2.49. The van der Waals surface area contributed by atoms with Gasteiger partial charge in [-0.2, -0.15) is 0 Å². The van der Waals surface area contributed by atoms with E-state index in [-0.39, 0.29) is 0 Å². The van der Waals surface area contributed by atoms with Crippen LogP contribution in [0.25, 0.3) is 89.3 Å². The molecule has 0 aliphatic heterocycles. The van der Waals surface area contributed by atoms with Gasteiger partial charge in [-0.05, 0) is 163 Å². The molecular weight excluding hydrogens is 1080 g/mol. The Morgan fingerprint density at radius 3 is 1.11 bits per heavy atom. The number of aromatic nitrogens is 1. The molecule has 10 rings (SSSR count). The quantitative estimate of drug-likeness (QED) is 0.0426. The summed E-state index contributed by atoms with van der Waals surface area (Å²) >= 11 is 17.5. The lowest BCUT2D eigenvalue weighted by molar-refractivity contribution is 0.668. The van der Waals surface area contributed by atoms with Crippen LogP contribution in [0.2, 0.25) is 0 Å². The second kappa shape index (κ2) is 27.4. The van der Waals surface area contributed by atoms with Crippen LogP contribution in [0.1, 0.15) is 153 Å². The fourth-order valence-electron chi connectivity index (χ4n) is 10.0. The Labute approximate surface area is 484 Å². The maximum Gasteiger partial charge on any atom is 0.123 e. The first-order valence-corrected chi connectivity index (χ1v) is 35.3. The first kappa shape index (κ1) is 54.8. The van der Waals surface area contributed by atoms with Crippen LogP contribution in [0.4, 0.5) is 0 Å². The Bertz CT molecular complexity index is 3310. The molecule has 9 heterocycles. The molecule has 10 aromatic rings. The van der Waals surface area contributed by atoms with Gasteiger partial charge in [0.05, 0.1) is 4.88 Å². The summed E-state index contributed by atoms with van der Waals surface area (Å²) in [7, 11) is 0. The molecule has 0 amide bonds. The van der Waals surface area contributed by atoms with Gasteiger partial charge in [-0.1, -0.05) is 129 Å². The maximum absolute atomic E-state index is 5.07. The topological polar surface area (TPSA) is 12.9 Å². The molecule has 390 valence electrons. The van der Waals surface area contributed by atoms with Gasteiger partial charge < -0.3 is 0 Å². The third kappa shape index (κ3) is 13.7. The van der Waals surface area contributed by atoms with Crippen LogP contribution in [0.15, 0.2) is 114 Å². The summed E-state index contributed by atoms with van der Waals surface area (Å²) in [5.74, 6) is 0. The molecule has 0 unspecified atom stereocenters. The molecule has 0 radical (unpaired) electrons. The van der Waals surface area contributed by atoms with Crippen molar-refractivity contribution in [2.24, 2.45) is 0 Å². The molecule has 0 N–H and O–H groups in total. The van der Waals surface area contributed by atoms with E-state index in [1.54, 1.807) is 0 Å². The van der Waals surface area contributed by atoms with Crippen LogP contribution in [-0.4, -0.2) is 4.98 Å². The number of nitrogens with zero attached hydrogens (tertiary/aromatic N) is 1. The number of benzene rings is 1. The van der Waals surface area contributed by atoms with Gasteiger partial charge in [0, 0.05) is 80.0 Å². The predicted octanol–water partition coefficient (Wildman–Crippen LogP) is 25.1. The van der Waals surface area contributed by atoms with Crippen molar-refractivity contribution in [2.75, 3.05) is 0 Å². The SMILES string of the molecule is CCCCCCc1ccsc1-c1ccc(-c2ccc(-c3sc(-c4ccc(-c5ncc(-c6cc(CCCCCC)c(-c7ccc(-c8ccc(-c9sccc9CCCCCC)s8)s7)s6)s5)cc4)cc3CCCCCC)s2)s1. The zero-order valence-electron chi connectivity index (χ0n) is 44.2. The number of unbranched alkanes of at least 4 members (excludes halogenated alkanes) is 12. The van der Waals surface area contributed by atoms with Crippen molar-refractivity contribution in [2.45, 2.75) is 156 Å². The summed E-state index contributed by atoms with van der Waals surface area (Å²) in [4.78, 5) is 26.0. The second-order valence-corrected chi connectivity index (χ2v) is 29.3. The monoisotopic (exact) mass is 1150 g/mol. The summed E-state index contributed by atoms with van der Waals surface area (Å²) in [6.07, 6.45) is 27.4. The number of aryl methyl sites for hydroxylation is 4. The summed E-state index contributed by atoms with van der Waals surface area (Å²) in [6, 6.07) is 37.9. The molecule has 0 bridgehead atoms. The van der Waals surface area contributed by atoms with E-state index in [4.69, 9.17) is 4.98 Å². The molecule has 10 heteroatoms. The molecule has 9 aromatic heterocycles. The molecule has 0 fully saturated rings. The third-order valence-corrected chi connectivity index (χ3v) is 25.3. The van der Waals surface area contributed by atoms with E-state index in [2.05, 4.69) is 142 Å². The summed E-state index contributed by atoms with van der Waals surface area (Å²) in [5, 5.41) is 5.66. The number of hydrogen-bond acceptors (Lipinski definition) is 10. The Hall–Kier alpha value is -3.55. The zero-order valence-corrected chi connectivity index (χ0v) is 51.6. The van der Waals surface area contributed by atoms with E-state index in [0.717, 1.165) is 17.8 Å². The van der Waals surface area contributed by atoms with Crippen molar-refractivity contribution in [1.82, 2.24) is 4.98 Å². The van der Waals surface area contributed by atoms with Crippen LogP contribution >= 0.6 is 102 Å². The van der Waals surface area contributed by atoms with Gasteiger partial charge in [0.25, 0.3) is 0 Å². The molecule has 1 nitrogen and oxygen atoms in total. The summed E-state index contributed by atoms with van der Waals surface area (Å²) in [5.41, 5.74) is 8.53. The van der Waals surface area contributed by atoms with Crippen molar-refractivity contribution in [1.29, 1.82) is 0 Å². The van der Waals surface area contributed by atoms with Crippen LogP contribution in [0.3, 0.4) is 0 Å². The highest BCUT2D eigenvalue weighted by molar-refractivity contribution is 7.30. The van der Waals surface area contributed by atoms with Gasteiger partial charge >= 0.3 is 0 Å². The minimum atomic E-state index is 1.09. The van der Waals surface area contributed by atoms with Gasteiger partial charge in [0.1, 0.15) is 5.01 Å². The molecule has 0 aliphatic rings. The molecule has 75 heavy (non-hydrogen) atoms. The average molecular weight is 1150 g/mol. The number of thiazole rings is 1. The van der Waals surface area contributed by atoms with Crippen molar-refractivity contribution in [3.8, 4) is 89.3 Å². The summed E-state index contributed by atoms with van der Waals surface area (Å²) in [6.45, 7) is 9.21. The minimum Gasteiger partial charge on any atom is -0.244 e. The molecule has 0 spiro atoms. The van der Waals surface area contributed by atoms with Crippen LogP contribution in [0.5, 0.6) is 0 Å². The molecule has 1 aromatic carbocycles. The lowest BCUT2D eigenvalue weighted by atomic mass is 10.0. The zero-order chi connectivity index (χ0) is 51.3. The average Bonchev–Trinajstić information content (AvgIpc) is 4.27. The fraction of sp³-hybridized carbons (Fsp3) is 0.369. The van der Waals surface area contributed by atoms with Crippen LogP contribution in [0, 0.1) is 0 Å².